The fraction of sp³-hybridized carbons (Fsp3) is 0.304. The Kier molecular flexibility index (Phi) is 6.12. The van der Waals surface area contributed by atoms with Crippen molar-refractivity contribution >= 4 is 32.5 Å². The highest BCUT2D eigenvalue weighted by molar-refractivity contribution is 7.92. The van der Waals surface area contributed by atoms with Gasteiger partial charge in [0.1, 0.15) is 0 Å². The monoisotopic (exact) mass is 425 g/mol. The highest BCUT2D eigenvalue weighted by atomic mass is 32.2. The van der Waals surface area contributed by atoms with Crippen LogP contribution in [0.5, 0.6) is 0 Å². The average molecular weight is 426 g/mol. The standard InChI is InChI=1S/C23H27N3O3S/c1-14(2)17-6-7-19-11-20(13-24-22(19)12-17)23(27)25-16(4)18-8-9-21(15(3)10-18)26-30(5,28)29/h6-14,16,26H,1-5H3,(H,25,27)/t16-/m1/s1. The number of sulfonamides is 1. The Labute approximate surface area is 177 Å². The lowest BCUT2D eigenvalue weighted by atomic mass is 10.0. The van der Waals surface area contributed by atoms with Crippen LogP contribution in [0.2, 0.25) is 0 Å². The minimum Gasteiger partial charge on any atom is -0.345 e. The molecule has 1 amide bonds. The molecule has 0 saturated carbocycles. The molecule has 7 heteroatoms. The molecule has 0 bridgehead atoms. The van der Waals surface area contributed by atoms with Gasteiger partial charge in [-0.3, -0.25) is 14.5 Å². The van der Waals surface area contributed by atoms with Crippen molar-refractivity contribution in [3.05, 3.63) is 70.9 Å². The van der Waals surface area contributed by atoms with Crippen LogP contribution in [0.3, 0.4) is 0 Å². The summed E-state index contributed by atoms with van der Waals surface area (Å²) in [4.78, 5) is 17.2. The number of aromatic nitrogens is 1. The van der Waals surface area contributed by atoms with E-state index in [4.69, 9.17) is 0 Å². The number of pyridine rings is 1. The van der Waals surface area contributed by atoms with Gasteiger partial charge in [-0.25, -0.2) is 8.42 Å². The zero-order chi connectivity index (χ0) is 22.1. The summed E-state index contributed by atoms with van der Waals surface area (Å²) >= 11 is 0. The summed E-state index contributed by atoms with van der Waals surface area (Å²) in [5.74, 6) is 0.211. The second-order valence-corrected chi connectivity index (χ2v) is 9.72. The Hall–Kier alpha value is -2.93. The molecule has 2 aromatic carbocycles. The molecular weight excluding hydrogens is 398 g/mol. The highest BCUT2D eigenvalue weighted by Crippen LogP contribution is 2.23. The molecule has 0 saturated heterocycles. The van der Waals surface area contributed by atoms with Gasteiger partial charge in [0.05, 0.1) is 29.1 Å². The van der Waals surface area contributed by atoms with Crippen LogP contribution in [0.25, 0.3) is 10.9 Å². The third kappa shape index (κ3) is 5.16. The van der Waals surface area contributed by atoms with Crippen LogP contribution in [0, 0.1) is 6.92 Å². The van der Waals surface area contributed by atoms with Crippen molar-refractivity contribution in [2.75, 3.05) is 11.0 Å². The van der Waals surface area contributed by atoms with Gasteiger partial charge in [0.25, 0.3) is 5.91 Å². The molecule has 2 N–H and O–H groups in total. The number of anilines is 1. The summed E-state index contributed by atoms with van der Waals surface area (Å²) in [6.07, 6.45) is 2.71. The van der Waals surface area contributed by atoms with Gasteiger partial charge in [0.15, 0.2) is 0 Å². The van der Waals surface area contributed by atoms with Gasteiger partial charge in [-0.05, 0) is 54.7 Å². The summed E-state index contributed by atoms with van der Waals surface area (Å²) in [7, 11) is -3.34. The fourth-order valence-corrected chi connectivity index (χ4v) is 3.88. The Bertz CT molecular complexity index is 1200. The molecule has 1 heterocycles. The largest absolute Gasteiger partial charge is 0.345 e. The number of hydrogen-bond acceptors (Lipinski definition) is 4. The van der Waals surface area contributed by atoms with Crippen molar-refractivity contribution in [1.29, 1.82) is 0 Å². The smallest absolute Gasteiger partial charge is 0.253 e. The zero-order valence-electron chi connectivity index (χ0n) is 17.9. The Morgan fingerprint density at radius 1 is 1.00 bits per heavy atom. The summed E-state index contributed by atoms with van der Waals surface area (Å²) in [6, 6.07) is 13.1. The minimum atomic E-state index is -3.34. The van der Waals surface area contributed by atoms with Crippen LogP contribution in [-0.2, 0) is 10.0 Å². The molecule has 0 aliphatic heterocycles. The lowest BCUT2D eigenvalue weighted by Crippen LogP contribution is -2.26. The van der Waals surface area contributed by atoms with Crippen molar-refractivity contribution in [2.45, 2.75) is 39.7 Å². The maximum atomic E-state index is 12.7. The summed E-state index contributed by atoms with van der Waals surface area (Å²) in [5.41, 5.74) is 4.78. The third-order valence-electron chi connectivity index (χ3n) is 5.03. The van der Waals surface area contributed by atoms with E-state index in [2.05, 4.69) is 41.0 Å². The molecule has 0 spiro atoms. The maximum absolute atomic E-state index is 12.7. The van der Waals surface area contributed by atoms with Gasteiger partial charge in [-0.2, -0.15) is 0 Å². The van der Waals surface area contributed by atoms with Gasteiger partial charge in [0.2, 0.25) is 10.0 Å². The SMILES string of the molecule is Cc1cc([C@@H](C)NC(=O)c2cnc3cc(C(C)C)ccc3c2)ccc1NS(C)(=O)=O. The second kappa shape index (κ2) is 8.44. The lowest BCUT2D eigenvalue weighted by molar-refractivity contribution is 0.0939. The van der Waals surface area contributed by atoms with Crippen molar-refractivity contribution in [1.82, 2.24) is 10.3 Å². The van der Waals surface area contributed by atoms with Crippen LogP contribution in [-0.4, -0.2) is 25.6 Å². The molecule has 6 nitrogen and oxygen atoms in total. The molecular formula is C23H27N3O3S. The van der Waals surface area contributed by atoms with E-state index in [1.165, 1.54) is 5.56 Å². The van der Waals surface area contributed by atoms with Crippen LogP contribution < -0.4 is 10.0 Å². The topological polar surface area (TPSA) is 88.2 Å². The normalized spacial score (nSPS) is 12.7. The molecule has 0 unspecified atom stereocenters. The van der Waals surface area contributed by atoms with Crippen LogP contribution in [0.15, 0.2) is 48.7 Å². The van der Waals surface area contributed by atoms with Gasteiger partial charge < -0.3 is 5.32 Å². The van der Waals surface area contributed by atoms with E-state index in [1.54, 1.807) is 18.3 Å². The molecule has 158 valence electrons. The van der Waals surface area contributed by atoms with E-state index in [-0.39, 0.29) is 11.9 Å². The second-order valence-electron chi connectivity index (χ2n) is 7.97. The van der Waals surface area contributed by atoms with Gasteiger partial charge in [-0.15, -0.1) is 0 Å². The zero-order valence-corrected chi connectivity index (χ0v) is 18.7. The molecule has 3 rings (SSSR count). The fourth-order valence-electron chi connectivity index (χ4n) is 3.26. The van der Waals surface area contributed by atoms with Crippen molar-refractivity contribution in [3.63, 3.8) is 0 Å². The first kappa shape index (κ1) is 21.8. The van der Waals surface area contributed by atoms with Crippen molar-refractivity contribution < 1.29 is 13.2 Å². The van der Waals surface area contributed by atoms with Crippen LogP contribution in [0.4, 0.5) is 5.69 Å². The van der Waals surface area contributed by atoms with Crippen LogP contribution >= 0.6 is 0 Å². The molecule has 1 atom stereocenters. The van der Waals surface area contributed by atoms with E-state index >= 15 is 0 Å². The number of aryl methyl sites for hydroxylation is 1. The van der Waals surface area contributed by atoms with Gasteiger partial charge in [0, 0.05) is 11.6 Å². The predicted octanol–water partition coefficient (Wildman–Crippen LogP) is 4.53. The number of nitrogens with zero attached hydrogens (tertiary/aromatic N) is 1. The summed E-state index contributed by atoms with van der Waals surface area (Å²) in [6.45, 7) is 7.98. The third-order valence-corrected chi connectivity index (χ3v) is 5.62. The number of benzene rings is 2. The Morgan fingerprint density at radius 2 is 1.70 bits per heavy atom. The van der Waals surface area contributed by atoms with E-state index < -0.39 is 10.0 Å². The summed E-state index contributed by atoms with van der Waals surface area (Å²) in [5, 5.41) is 3.91. The lowest BCUT2D eigenvalue weighted by Gasteiger charge is -2.17. The predicted molar refractivity (Wildman–Crippen MR) is 121 cm³/mol. The quantitative estimate of drug-likeness (QED) is 0.607. The molecule has 0 radical (unpaired) electrons. The van der Waals surface area contributed by atoms with E-state index in [9.17, 15) is 13.2 Å². The molecule has 0 fully saturated rings. The number of carbonyl (C=O) groups is 1. The van der Waals surface area contributed by atoms with Crippen molar-refractivity contribution in [2.24, 2.45) is 0 Å². The van der Waals surface area contributed by atoms with Gasteiger partial charge in [-0.1, -0.05) is 38.1 Å². The number of hydrogen-bond donors (Lipinski definition) is 2. The minimum absolute atomic E-state index is 0.208. The van der Waals surface area contributed by atoms with Gasteiger partial charge >= 0.3 is 0 Å². The van der Waals surface area contributed by atoms with E-state index in [0.29, 0.717) is 17.2 Å². The molecule has 0 aliphatic rings. The van der Waals surface area contributed by atoms with E-state index in [0.717, 1.165) is 28.3 Å². The molecule has 30 heavy (non-hydrogen) atoms. The Balaban J connectivity index is 1.76. The number of amides is 1. The number of rotatable bonds is 6. The van der Waals surface area contributed by atoms with Crippen LogP contribution in [0.1, 0.15) is 59.8 Å². The molecule has 3 aromatic rings. The first-order chi connectivity index (χ1) is 14.0. The number of nitrogens with one attached hydrogen (secondary N) is 2. The molecule has 1 aromatic heterocycles. The first-order valence-corrected chi connectivity index (χ1v) is 11.7. The maximum Gasteiger partial charge on any atom is 0.253 e. The van der Waals surface area contributed by atoms with E-state index in [1.807, 2.05) is 32.0 Å². The summed E-state index contributed by atoms with van der Waals surface area (Å²) < 4.78 is 25.4. The van der Waals surface area contributed by atoms with Crippen molar-refractivity contribution in [3.8, 4) is 0 Å². The number of fused-ring (bicyclic) bond motifs is 1. The first-order valence-electron chi connectivity index (χ1n) is 9.82. The average Bonchev–Trinajstić information content (AvgIpc) is 2.67. The Morgan fingerprint density at radius 3 is 2.33 bits per heavy atom. The number of carbonyl (C=O) groups excluding carboxylic acids is 1. The molecule has 0 aliphatic carbocycles. The highest BCUT2D eigenvalue weighted by Gasteiger charge is 2.14.